The van der Waals surface area contributed by atoms with Crippen LogP contribution in [0.2, 0.25) is 0 Å². The molecule has 0 radical (unpaired) electrons. The van der Waals surface area contributed by atoms with E-state index in [2.05, 4.69) is 133 Å². The zero-order valence-corrected chi connectivity index (χ0v) is 19.7. The van der Waals surface area contributed by atoms with Gasteiger partial charge >= 0.3 is 0 Å². The van der Waals surface area contributed by atoms with Crippen molar-refractivity contribution in [2.45, 2.75) is 0 Å². The number of benzene rings is 4. The largest absolute Gasteiger partial charge is 0.292 e. The van der Waals surface area contributed by atoms with Crippen LogP contribution >= 0.6 is 31.9 Å². The molecule has 0 bridgehead atoms. The molecule has 0 saturated carbocycles. The van der Waals surface area contributed by atoms with Crippen LogP contribution in [0.25, 0.3) is 39.6 Å². The summed E-state index contributed by atoms with van der Waals surface area (Å²) >= 11 is 7.12. The number of imidazole rings is 1. The molecule has 0 N–H and O–H groups in total. The highest BCUT2D eigenvalue weighted by atomic mass is 79.9. The standard InChI is InChI=1S/C27H18Br2N2/c28-22-15-11-19(12-16-22)25-26(20-13-17-23(29)18-14-20)31(24-9-5-2-6-10-24)27(30-25)21-7-3-1-4-8-21/h1-18H. The molecule has 0 fully saturated rings. The van der Waals surface area contributed by atoms with Crippen molar-refractivity contribution in [3.05, 3.63) is 118 Å². The monoisotopic (exact) mass is 528 g/mol. The van der Waals surface area contributed by atoms with Gasteiger partial charge in [0.15, 0.2) is 0 Å². The second-order valence-corrected chi connectivity index (χ2v) is 9.01. The lowest BCUT2D eigenvalue weighted by Gasteiger charge is -2.14. The van der Waals surface area contributed by atoms with Crippen molar-refractivity contribution in [1.29, 1.82) is 0 Å². The van der Waals surface area contributed by atoms with Gasteiger partial charge < -0.3 is 0 Å². The molecule has 31 heavy (non-hydrogen) atoms. The lowest BCUT2D eigenvalue weighted by Crippen LogP contribution is -2.00. The predicted octanol–water partition coefficient (Wildman–Crippen LogP) is 8.40. The molecule has 4 heteroatoms. The lowest BCUT2D eigenvalue weighted by molar-refractivity contribution is 1.07. The Morgan fingerprint density at radius 1 is 0.516 bits per heavy atom. The number of nitrogens with zero attached hydrogens (tertiary/aromatic N) is 2. The Morgan fingerprint density at radius 2 is 1.03 bits per heavy atom. The van der Waals surface area contributed by atoms with Gasteiger partial charge in [-0.3, -0.25) is 4.57 Å². The first-order valence-electron chi connectivity index (χ1n) is 9.96. The van der Waals surface area contributed by atoms with E-state index in [9.17, 15) is 0 Å². The maximum atomic E-state index is 5.19. The van der Waals surface area contributed by atoms with Gasteiger partial charge in [0.1, 0.15) is 5.82 Å². The highest BCUT2D eigenvalue weighted by Crippen LogP contribution is 2.39. The van der Waals surface area contributed by atoms with Crippen molar-refractivity contribution in [1.82, 2.24) is 9.55 Å². The van der Waals surface area contributed by atoms with Crippen molar-refractivity contribution in [2.24, 2.45) is 0 Å². The summed E-state index contributed by atoms with van der Waals surface area (Å²) in [7, 11) is 0. The quantitative estimate of drug-likeness (QED) is 0.228. The van der Waals surface area contributed by atoms with Crippen molar-refractivity contribution in [3.8, 4) is 39.6 Å². The Morgan fingerprint density at radius 3 is 1.61 bits per heavy atom. The molecule has 0 aliphatic carbocycles. The molecule has 4 aromatic carbocycles. The highest BCUT2D eigenvalue weighted by molar-refractivity contribution is 9.10. The Hall–Kier alpha value is -2.95. The summed E-state index contributed by atoms with van der Waals surface area (Å²) in [6, 6.07) is 37.5. The summed E-state index contributed by atoms with van der Waals surface area (Å²) in [4.78, 5) is 5.19. The fourth-order valence-electron chi connectivity index (χ4n) is 3.71. The predicted molar refractivity (Wildman–Crippen MR) is 135 cm³/mol. The van der Waals surface area contributed by atoms with Gasteiger partial charge in [-0.15, -0.1) is 0 Å². The molecule has 0 aliphatic heterocycles. The molecule has 1 aromatic heterocycles. The summed E-state index contributed by atoms with van der Waals surface area (Å²) in [5, 5.41) is 0. The number of hydrogen-bond acceptors (Lipinski definition) is 1. The Bertz CT molecular complexity index is 1310. The first kappa shape index (κ1) is 20.0. The maximum absolute atomic E-state index is 5.19. The molecule has 0 atom stereocenters. The Kier molecular flexibility index (Phi) is 5.58. The molecule has 0 spiro atoms. The third kappa shape index (κ3) is 4.01. The SMILES string of the molecule is Brc1ccc(-c2nc(-c3ccccc3)n(-c3ccccc3)c2-c2ccc(Br)cc2)cc1. The molecule has 150 valence electrons. The molecular formula is C27H18Br2N2. The van der Waals surface area contributed by atoms with Crippen LogP contribution in [0.1, 0.15) is 0 Å². The number of aromatic nitrogens is 2. The van der Waals surface area contributed by atoms with Crippen molar-refractivity contribution < 1.29 is 0 Å². The molecule has 0 amide bonds. The molecule has 0 aliphatic rings. The van der Waals surface area contributed by atoms with Crippen molar-refractivity contribution in [2.75, 3.05) is 0 Å². The van der Waals surface area contributed by atoms with Crippen LogP contribution in [-0.4, -0.2) is 9.55 Å². The summed E-state index contributed by atoms with van der Waals surface area (Å²) in [6.45, 7) is 0. The van der Waals surface area contributed by atoms with Crippen LogP contribution in [0.4, 0.5) is 0 Å². The van der Waals surface area contributed by atoms with E-state index in [-0.39, 0.29) is 0 Å². The second-order valence-electron chi connectivity index (χ2n) is 7.18. The minimum atomic E-state index is 0.919. The summed E-state index contributed by atoms with van der Waals surface area (Å²) in [5.41, 5.74) is 6.37. The van der Waals surface area contributed by atoms with Gasteiger partial charge in [0.25, 0.3) is 0 Å². The van der Waals surface area contributed by atoms with Crippen LogP contribution < -0.4 is 0 Å². The van der Waals surface area contributed by atoms with E-state index in [0.717, 1.165) is 48.5 Å². The number of hydrogen-bond donors (Lipinski definition) is 0. The van der Waals surface area contributed by atoms with E-state index < -0.39 is 0 Å². The van der Waals surface area contributed by atoms with Gasteiger partial charge in [-0.25, -0.2) is 4.98 Å². The normalized spacial score (nSPS) is 10.9. The summed E-state index contributed by atoms with van der Waals surface area (Å²) < 4.78 is 4.36. The Labute approximate surface area is 198 Å². The third-order valence-corrected chi connectivity index (χ3v) is 6.22. The number of rotatable bonds is 4. The van der Waals surface area contributed by atoms with Gasteiger partial charge in [-0.1, -0.05) is 105 Å². The maximum Gasteiger partial charge on any atom is 0.145 e. The number of halogens is 2. The second kappa shape index (κ2) is 8.66. The van der Waals surface area contributed by atoms with E-state index in [1.807, 2.05) is 12.1 Å². The number of para-hydroxylation sites is 1. The minimum absolute atomic E-state index is 0.919. The van der Waals surface area contributed by atoms with Gasteiger partial charge in [-0.2, -0.15) is 0 Å². The first-order valence-corrected chi connectivity index (χ1v) is 11.5. The third-order valence-electron chi connectivity index (χ3n) is 5.16. The Balaban J connectivity index is 1.87. The van der Waals surface area contributed by atoms with E-state index in [0.29, 0.717) is 0 Å². The van der Waals surface area contributed by atoms with Crippen LogP contribution in [0.15, 0.2) is 118 Å². The topological polar surface area (TPSA) is 17.8 Å². The average molecular weight is 530 g/mol. The lowest BCUT2D eigenvalue weighted by atomic mass is 10.0. The van der Waals surface area contributed by atoms with Crippen LogP contribution in [0.5, 0.6) is 0 Å². The molecule has 5 aromatic rings. The van der Waals surface area contributed by atoms with Crippen molar-refractivity contribution >= 4 is 31.9 Å². The van der Waals surface area contributed by atoms with E-state index in [4.69, 9.17) is 4.98 Å². The fourth-order valence-corrected chi connectivity index (χ4v) is 4.24. The first-order chi connectivity index (χ1) is 15.2. The van der Waals surface area contributed by atoms with Crippen LogP contribution in [0, 0.1) is 0 Å². The summed E-state index contributed by atoms with van der Waals surface area (Å²) in [6.07, 6.45) is 0. The average Bonchev–Trinajstić information content (AvgIpc) is 3.22. The molecule has 5 rings (SSSR count). The zero-order valence-electron chi connectivity index (χ0n) is 16.5. The summed E-state index contributed by atoms with van der Waals surface area (Å²) in [5.74, 6) is 0.919. The highest BCUT2D eigenvalue weighted by Gasteiger charge is 2.22. The molecule has 2 nitrogen and oxygen atoms in total. The van der Waals surface area contributed by atoms with Crippen LogP contribution in [-0.2, 0) is 0 Å². The van der Waals surface area contributed by atoms with E-state index in [1.54, 1.807) is 0 Å². The fraction of sp³-hybridized carbons (Fsp3) is 0. The molecule has 1 heterocycles. The van der Waals surface area contributed by atoms with Gasteiger partial charge in [0.05, 0.1) is 11.4 Å². The van der Waals surface area contributed by atoms with Crippen molar-refractivity contribution in [3.63, 3.8) is 0 Å². The molecule has 0 unspecified atom stereocenters. The van der Waals surface area contributed by atoms with Crippen LogP contribution in [0.3, 0.4) is 0 Å². The molecular weight excluding hydrogens is 512 g/mol. The van der Waals surface area contributed by atoms with Gasteiger partial charge in [0.2, 0.25) is 0 Å². The molecule has 0 saturated heterocycles. The zero-order chi connectivity index (χ0) is 21.2. The van der Waals surface area contributed by atoms with E-state index >= 15 is 0 Å². The van der Waals surface area contributed by atoms with Gasteiger partial charge in [-0.05, 0) is 36.4 Å². The smallest absolute Gasteiger partial charge is 0.145 e. The minimum Gasteiger partial charge on any atom is -0.292 e. The van der Waals surface area contributed by atoms with Gasteiger partial charge in [0, 0.05) is 31.3 Å². The van der Waals surface area contributed by atoms with E-state index in [1.165, 1.54) is 0 Å².